The molecule has 0 unspecified atom stereocenters. The fourth-order valence-electron chi connectivity index (χ4n) is 1.54. The molecule has 0 atom stereocenters. The zero-order chi connectivity index (χ0) is 13.8. The van der Waals surface area contributed by atoms with Gasteiger partial charge in [-0.15, -0.1) is 0 Å². The molecule has 0 amide bonds. The van der Waals surface area contributed by atoms with Gasteiger partial charge < -0.3 is 0 Å². The smallest absolute Gasteiger partial charge is 0.194 e. The van der Waals surface area contributed by atoms with Crippen LogP contribution >= 0.6 is 0 Å². The second-order valence-electron chi connectivity index (χ2n) is 3.86. The highest BCUT2D eigenvalue weighted by molar-refractivity contribution is 6.06. The molecule has 0 heterocycles. The van der Waals surface area contributed by atoms with Gasteiger partial charge in [0.2, 0.25) is 0 Å². The molecule has 0 saturated heterocycles. The minimum atomic E-state index is -1.52. The monoisotopic (exact) mass is 262 g/mol. The van der Waals surface area contributed by atoms with Crippen LogP contribution in [0, 0.1) is 17.5 Å². The van der Waals surface area contributed by atoms with Gasteiger partial charge >= 0.3 is 0 Å². The topological polar surface area (TPSA) is 17.1 Å². The van der Waals surface area contributed by atoms with Gasteiger partial charge in [0.05, 0.1) is 0 Å². The molecule has 19 heavy (non-hydrogen) atoms. The number of benzene rings is 2. The van der Waals surface area contributed by atoms with Crippen molar-refractivity contribution >= 4 is 11.9 Å². The Hall–Kier alpha value is -2.36. The summed E-state index contributed by atoms with van der Waals surface area (Å²) in [5, 5.41) is 0. The molecule has 0 aliphatic carbocycles. The second kappa shape index (κ2) is 5.52. The van der Waals surface area contributed by atoms with Crippen LogP contribution < -0.4 is 0 Å². The van der Waals surface area contributed by atoms with Gasteiger partial charge in [0.1, 0.15) is 0 Å². The van der Waals surface area contributed by atoms with Gasteiger partial charge in [-0.1, -0.05) is 36.4 Å². The molecular weight excluding hydrogens is 253 g/mol. The van der Waals surface area contributed by atoms with E-state index in [9.17, 15) is 18.0 Å². The lowest BCUT2D eigenvalue weighted by Gasteiger charge is -1.98. The standard InChI is InChI=1S/C15H9F3O/c16-12-8-10(9-13(17)15(12)18)6-7-14(19)11-4-2-1-3-5-11/h1-9H/b7-6+. The molecule has 0 aliphatic heterocycles. The first-order chi connectivity index (χ1) is 9.08. The van der Waals surface area contributed by atoms with Crippen molar-refractivity contribution in [1.82, 2.24) is 0 Å². The Bertz CT molecular complexity index is 610. The number of allylic oxidation sites excluding steroid dienone is 1. The second-order valence-corrected chi connectivity index (χ2v) is 3.86. The van der Waals surface area contributed by atoms with Gasteiger partial charge in [-0.25, -0.2) is 13.2 Å². The van der Waals surface area contributed by atoms with E-state index >= 15 is 0 Å². The molecule has 4 heteroatoms. The number of carbonyl (C=O) groups excluding carboxylic acids is 1. The van der Waals surface area contributed by atoms with Crippen molar-refractivity contribution in [2.24, 2.45) is 0 Å². The Morgan fingerprint density at radius 3 is 2.11 bits per heavy atom. The van der Waals surface area contributed by atoms with Crippen LogP contribution in [0.3, 0.4) is 0 Å². The largest absolute Gasteiger partial charge is 0.289 e. The van der Waals surface area contributed by atoms with Crippen molar-refractivity contribution in [3.05, 3.63) is 77.1 Å². The van der Waals surface area contributed by atoms with Gasteiger partial charge in [0, 0.05) is 5.56 Å². The number of rotatable bonds is 3. The summed E-state index contributed by atoms with van der Waals surface area (Å²) in [6.07, 6.45) is 2.42. The summed E-state index contributed by atoms with van der Waals surface area (Å²) in [4.78, 5) is 11.7. The number of halogens is 3. The average molecular weight is 262 g/mol. The van der Waals surface area contributed by atoms with Crippen LogP contribution in [0.15, 0.2) is 48.5 Å². The van der Waals surface area contributed by atoms with Crippen molar-refractivity contribution in [2.75, 3.05) is 0 Å². The van der Waals surface area contributed by atoms with Crippen molar-refractivity contribution < 1.29 is 18.0 Å². The molecule has 0 radical (unpaired) electrons. The first kappa shape index (κ1) is 13.1. The molecule has 0 spiro atoms. The molecule has 1 nitrogen and oxygen atoms in total. The number of hydrogen-bond acceptors (Lipinski definition) is 1. The van der Waals surface area contributed by atoms with Crippen molar-refractivity contribution in [2.45, 2.75) is 0 Å². The number of hydrogen-bond donors (Lipinski definition) is 0. The van der Waals surface area contributed by atoms with E-state index in [1.165, 1.54) is 12.2 Å². The first-order valence-corrected chi connectivity index (χ1v) is 5.50. The molecule has 0 bridgehead atoms. The van der Waals surface area contributed by atoms with Gasteiger partial charge in [-0.2, -0.15) is 0 Å². The Morgan fingerprint density at radius 2 is 1.53 bits per heavy atom. The molecule has 0 aromatic heterocycles. The highest BCUT2D eigenvalue weighted by atomic mass is 19.2. The van der Waals surface area contributed by atoms with Crippen LogP contribution in [-0.2, 0) is 0 Å². The Morgan fingerprint density at radius 1 is 0.947 bits per heavy atom. The summed E-state index contributed by atoms with van der Waals surface area (Å²) in [6.45, 7) is 0. The number of ketones is 1. The van der Waals surface area contributed by atoms with E-state index in [2.05, 4.69) is 0 Å². The molecule has 2 rings (SSSR count). The lowest BCUT2D eigenvalue weighted by Crippen LogP contribution is -1.94. The Balaban J connectivity index is 2.22. The highest BCUT2D eigenvalue weighted by Gasteiger charge is 2.09. The maximum atomic E-state index is 13.0. The van der Waals surface area contributed by atoms with Crippen LogP contribution in [0.4, 0.5) is 13.2 Å². The third-order valence-corrected chi connectivity index (χ3v) is 2.49. The molecule has 2 aromatic carbocycles. The quantitative estimate of drug-likeness (QED) is 0.464. The predicted octanol–water partition coefficient (Wildman–Crippen LogP) is 4.00. The summed E-state index contributed by atoms with van der Waals surface area (Å²) >= 11 is 0. The van der Waals surface area contributed by atoms with Crippen molar-refractivity contribution in [3.8, 4) is 0 Å². The molecule has 96 valence electrons. The lowest BCUT2D eigenvalue weighted by molar-refractivity contribution is 0.104. The van der Waals surface area contributed by atoms with Gasteiger partial charge in [-0.3, -0.25) is 4.79 Å². The zero-order valence-electron chi connectivity index (χ0n) is 9.74. The predicted molar refractivity (Wildman–Crippen MR) is 66.1 cm³/mol. The Kier molecular flexibility index (Phi) is 3.80. The zero-order valence-corrected chi connectivity index (χ0v) is 9.74. The van der Waals surface area contributed by atoms with Crippen LogP contribution in [0.25, 0.3) is 6.08 Å². The summed E-state index contributed by atoms with van der Waals surface area (Å²) in [7, 11) is 0. The maximum Gasteiger partial charge on any atom is 0.194 e. The fraction of sp³-hybridized carbons (Fsp3) is 0. The summed E-state index contributed by atoms with van der Waals surface area (Å²) in [6, 6.07) is 10.1. The van der Waals surface area contributed by atoms with E-state index in [0.717, 1.165) is 12.1 Å². The van der Waals surface area contributed by atoms with Crippen LogP contribution in [0.5, 0.6) is 0 Å². The minimum absolute atomic E-state index is 0.0840. The minimum Gasteiger partial charge on any atom is -0.289 e. The van der Waals surface area contributed by atoms with E-state index in [1.54, 1.807) is 30.3 Å². The summed E-state index contributed by atoms with van der Waals surface area (Å²) in [5.41, 5.74) is 0.544. The van der Waals surface area contributed by atoms with E-state index in [1.807, 2.05) is 0 Å². The van der Waals surface area contributed by atoms with E-state index in [-0.39, 0.29) is 11.3 Å². The summed E-state index contributed by atoms with van der Waals surface area (Å²) in [5.74, 6) is -4.39. The van der Waals surface area contributed by atoms with Gasteiger partial charge in [0.15, 0.2) is 23.2 Å². The van der Waals surface area contributed by atoms with Gasteiger partial charge in [0.25, 0.3) is 0 Å². The van der Waals surface area contributed by atoms with Crippen molar-refractivity contribution in [3.63, 3.8) is 0 Å². The third kappa shape index (κ3) is 3.10. The van der Waals surface area contributed by atoms with Crippen LogP contribution in [-0.4, -0.2) is 5.78 Å². The van der Waals surface area contributed by atoms with Crippen molar-refractivity contribution in [1.29, 1.82) is 0 Å². The van der Waals surface area contributed by atoms with Gasteiger partial charge in [-0.05, 0) is 23.8 Å². The lowest BCUT2D eigenvalue weighted by atomic mass is 10.1. The normalized spacial score (nSPS) is 10.9. The SMILES string of the molecule is O=C(/C=C/c1cc(F)c(F)c(F)c1)c1ccccc1. The molecule has 0 N–H and O–H groups in total. The van der Waals surface area contributed by atoms with Crippen LogP contribution in [0.1, 0.15) is 15.9 Å². The Labute approximate surface area is 108 Å². The first-order valence-electron chi connectivity index (χ1n) is 5.50. The molecule has 0 aliphatic rings. The van der Waals surface area contributed by atoms with E-state index in [4.69, 9.17) is 0 Å². The number of carbonyl (C=O) groups is 1. The van der Waals surface area contributed by atoms with E-state index in [0.29, 0.717) is 5.56 Å². The fourth-order valence-corrected chi connectivity index (χ4v) is 1.54. The average Bonchev–Trinajstić information content (AvgIpc) is 2.43. The molecule has 0 fully saturated rings. The van der Waals surface area contributed by atoms with E-state index < -0.39 is 17.5 Å². The third-order valence-electron chi connectivity index (χ3n) is 2.49. The van der Waals surface area contributed by atoms with Crippen LogP contribution in [0.2, 0.25) is 0 Å². The molecule has 0 saturated carbocycles. The molecule has 2 aromatic rings. The summed E-state index contributed by atoms with van der Waals surface area (Å²) < 4.78 is 38.6. The maximum absolute atomic E-state index is 13.0. The highest BCUT2D eigenvalue weighted by Crippen LogP contribution is 2.15. The molecular formula is C15H9F3O.